The molecule has 1 atom stereocenters. The van der Waals surface area contributed by atoms with Gasteiger partial charge in [0.05, 0.1) is 17.7 Å². The van der Waals surface area contributed by atoms with Crippen molar-refractivity contribution in [2.75, 3.05) is 4.90 Å². The third-order valence-corrected chi connectivity index (χ3v) is 6.42. The number of amides is 1. The van der Waals surface area contributed by atoms with E-state index in [0.717, 1.165) is 5.56 Å². The molecule has 1 saturated heterocycles. The maximum atomic E-state index is 13.4. The highest BCUT2D eigenvalue weighted by Crippen LogP contribution is 2.42. The first-order valence-electron chi connectivity index (χ1n) is 12.8. The van der Waals surface area contributed by atoms with Gasteiger partial charge >= 0.3 is 0 Å². The van der Waals surface area contributed by atoms with E-state index >= 15 is 0 Å². The predicted molar refractivity (Wildman–Crippen MR) is 151 cm³/mol. The zero-order valence-electron chi connectivity index (χ0n) is 21.8. The first kappa shape index (κ1) is 25.8. The molecule has 6 nitrogen and oxygen atoms in total. The molecule has 0 aliphatic carbocycles. The molecule has 4 aromatic rings. The molecule has 1 aliphatic heterocycles. The Kier molecular flexibility index (Phi) is 7.46. The molecule has 0 radical (unpaired) electrons. The molecule has 1 amide bonds. The van der Waals surface area contributed by atoms with Crippen molar-refractivity contribution in [2.45, 2.75) is 32.6 Å². The van der Waals surface area contributed by atoms with Crippen molar-refractivity contribution in [3.05, 3.63) is 131 Å². The van der Waals surface area contributed by atoms with E-state index < -0.39 is 17.7 Å². The number of hydrogen-bond acceptors (Lipinski definition) is 5. The molecule has 0 bridgehead atoms. The van der Waals surface area contributed by atoms with Crippen LogP contribution >= 0.6 is 0 Å². The SMILES string of the molecule is CC(C)Oc1ccc(/C(O)=C2/C(=O)C(=O)N(c3ccccc3)C2c2ccc(OCc3ccccc3)cc2)cc1. The van der Waals surface area contributed by atoms with Crippen LogP contribution in [-0.2, 0) is 16.2 Å². The lowest BCUT2D eigenvalue weighted by atomic mass is 9.95. The van der Waals surface area contributed by atoms with Gasteiger partial charge in [0.1, 0.15) is 23.9 Å². The largest absolute Gasteiger partial charge is 0.507 e. The summed E-state index contributed by atoms with van der Waals surface area (Å²) in [6, 6.07) is 32.1. The molecular weight excluding hydrogens is 490 g/mol. The molecule has 0 saturated carbocycles. The number of hydrogen-bond donors (Lipinski definition) is 1. The second kappa shape index (κ2) is 11.3. The zero-order valence-corrected chi connectivity index (χ0v) is 21.8. The number of Topliss-reactive ketones (excluding diaryl/α,β-unsaturated/α-hetero) is 1. The minimum absolute atomic E-state index is 0.000267. The monoisotopic (exact) mass is 519 g/mol. The van der Waals surface area contributed by atoms with Gasteiger partial charge in [-0.25, -0.2) is 0 Å². The summed E-state index contributed by atoms with van der Waals surface area (Å²) >= 11 is 0. The van der Waals surface area contributed by atoms with Crippen LogP contribution in [0.25, 0.3) is 5.76 Å². The second-order valence-corrected chi connectivity index (χ2v) is 9.54. The molecule has 5 rings (SSSR count). The van der Waals surface area contributed by atoms with Gasteiger partial charge in [-0.1, -0.05) is 60.7 Å². The van der Waals surface area contributed by atoms with E-state index in [0.29, 0.717) is 34.9 Å². The van der Waals surface area contributed by atoms with Crippen molar-refractivity contribution in [3.8, 4) is 11.5 Å². The van der Waals surface area contributed by atoms with Crippen molar-refractivity contribution in [2.24, 2.45) is 0 Å². The summed E-state index contributed by atoms with van der Waals surface area (Å²) < 4.78 is 11.6. The Bertz CT molecular complexity index is 1480. The van der Waals surface area contributed by atoms with Gasteiger partial charge in [0.2, 0.25) is 0 Å². The number of para-hydroxylation sites is 1. The molecule has 1 aliphatic rings. The first-order valence-corrected chi connectivity index (χ1v) is 12.8. The maximum absolute atomic E-state index is 13.4. The van der Waals surface area contributed by atoms with E-state index in [-0.39, 0.29) is 17.4 Å². The number of carbonyl (C=O) groups is 2. The van der Waals surface area contributed by atoms with Gasteiger partial charge in [-0.3, -0.25) is 14.5 Å². The Hall–Kier alpha value is -4.84. The lowest BCUT2D eigenvalue weighted by Crippen LogP contribution is -2.29. The van der Waals surface area contributed by atoms with Crippen molar-refractivity contribution in [3.63, 3.8) is 0 Å². The van der Waals surface area contributed by atoms with Gasteiger partial charge < -0.3 is 14.6 Å². The second-order valence-electron chi connectivity index (χ2n) is 9.54. The number of ketones is 1. The Labute approximate surface area is 227 Å². The predicted octanol–water partition coefficient (Wildman–Crippen LogP) is 6.68. The topological polar surface area (TPSA) is 76.1 Å². The third kappa shape index (κ3) is 5.55. The molecule has 1 unspecified atom stereocenters. The molecule has 0 aromatic heterocycles. The molecule has 6 heteroatoms. The van der Waals surface area contributed by atoms with Crippen LogP contribution < -0.4 is 14.4 Å². The van der Waals surface area contributed by atoms with Crippen LogP contribution in [0.3, 0.4) is 0 Å². The Morgan fingerprint density at radius 2 is 1.38 bits per heavy atom. The van der Waals surface area contributed by atoms with Gasteiger partial charge in [-0.2, -0.15) is 0 Å². The van der Waals surface area contributed by atoms with Crippen LogP contribution in [0.2, 0.25) is 0 Å². The summed E-state index contributed by atoms with van der Waals surface area (Å²) in [5.74, 6) is -0.378. The fourth-order valence-electron chi connectivity index (χ4n) is 4.61. The Morgan fingerprint density at radius 1 is 0.795 bits per heavy atom. The van der Waals surface area contributed by atoms with Crippen molar-refractivity contribution in [1.29, 1.82) is 0 Å². The summed E-state index contributed by atoms with van der Waals surface area (Å²) in [6.07, 6.45) is 0.000267. The van der Waals surface area contributed by atoms with Crippen molar-refractivity contribution < 1.29 is 24.2 Å². The van der Waals surface area contributed by atoms with Crippen LogP contribution in [0, 0.1) is 0 Å². The quantitative estimate of drug-likeness (QED) is 0.160. The van der Waals surface area contributed by atoms with Gasteiger partial charge in [0.15, 0.2) is 0 Å². The van der Waals surface area contributed by atoms with Gasteiger partial charge in [-0.15, -0.1) is 0 Å². The average Bonchev–Trinajstić information content (AvgIpc) is 3.23. The molecule has 1 fully saturated rings. The number of aliphatic hydroxyl groups excluding tert-OH is 1. The number of carbonyl (C=O) groups excluding carboxylic acids is 2. The van der Waals surface area contributed by atoms with Crippen LogP contribution in [0.5, 0.6) is 11.5 Å². The van der Waals surface area contributed by atoms with Gasteiger partial charge in [0.25, 0.3) is 11.7 Å². The number of nitrogens with zero attached hydrogens (tertiary/aromatic N) is 1. The number of anilines is 1. The molecular formula is C33H29NO5. The zero-order chi connectivity index (χ0) is 27.4. The lowest BCUT2D eigenvalue weighted by molar-refractivity contribution is -0.132. The molecule has 1 heterocycles. The maximum Gasteiger partial charge on any atom is 0.300 e. The van der Waals surface area contributed by atoms with Crippen molar-refractivity contribution in [1.82, 2.24) is 0 Å². The van der Waals surface area contributed by atoms with Crippen LogP contribution in [0.15, 0.2) is 115 Å². The van der Waals surface area contributed by atoms with Crippen LogP contribution in [0.4, 0.5) is 5.69 Å². The molecule has 39 heavy (non-hydrogen) atoms. The van der Waals surface area contributed by atoms with E-state index in [1.807, 2.05) is 62.4 Å². The average molecular weight is 520 g/mol. The number of ether oxygens (including phenoxy) is 2. The number of benzene rings is 4. The molecule has 4 aromatic carbocycles. The summed E-state index contributed by atoms with van der Waals surface area (Å²) in [5, 5.41) is 11.4. The first-order chi connectivity index (χ1) is 18.9. The fraction of sp³-hybridized carbons (Fsp3) is 0.152. The van der Waals surface area contributed by atoms with E-state index in [4.69, 9.17) is 9.47 Å². The highest BCUT2D eigenvalue weighted by molar-refractivity contribution is 6.51. The third-order valence-electron chi connectivity index (χ3n) is 6.42. The van der Waals surface area contributed by atoms with Crippen molar-refractivity contribution >= 4 is 23.1 Å². The minimum Gasteiger partial charge on any atom is -0.507 e. The standard InChI is InChI=1S/C33H29NO5/c1-22(2)39-28-19-15-25(16-20-28)31(35)29-30(34(33(37)32(29)36)26-11-7-4-8-12-26)24-13-17-27(18-14-24)38-21-23-9-5-3-6-10-23/h3-20,22,30,35H,21H2,1-2H3/b31-29-. The molecule has 1 N–H and O–H groups in total. The highest BCUT2D eigenvalue weighted by Gasteiger charge is 2.46. The Balaban J connectivity index is 1.52. The van der Waals surface area contributed by atoms with Gasteiger partial charge in [0, 0.05) is 11.3 Å². The number of rotatable bonds is 8. The molecule has 0 spiro atoms. The van der Waals surface area contributed by atoms with Crippen LogP contribution in [-0.4, -0.2) is 22.9 Å². The minimum atomic E-state index is -0.817. The van der Waals surface area contributed by atoms with E-state index in [9.17, 15) is 14.7 Å². The smallest absolute Gasteiger partial charge is 0.300 e. The summed E-state index contributed by atoms with van der Waals surface area (Å²) in [5.41, 5.74) is 2.73. The normalized spacial score (nSPS) is 16.5. The van der Waals surface area contributed by atoms with E-state index in [2.05, 4.69) is 0 Å². The van der Waals surface area contributed by atoms with E-state index in [1.165, 1.54) is 4.90 Å². The molecule has 196 valence electrons. The van der Waals surface area contributed by atoms with Crippen LogP contribution in [0.1, 0.15) is 36.6 Å². The highest BCUT2D eigenvalue weighted by atomic mass is 16.5. The number of aliphatic hydroxyl groups is 1. The fourth-order valence-corrected chi connectivity index (χ4v) is 4.61. The van der Waals surface area contributed by atoms with Gasteiger partial charge in [-0.05, 0) is 73.5 Å². The summed E-state index contributed by atoms with van der Waals surface area (Å²) in [6.45, 7) is 4.27. The lowest BCUT2D eigenvalue weighted by Gasteiger charge is -2.25. The summed E-state index contributed by atoms with van der Waals surface area (Å²) in [7, 11) is 0. The van der Waals surface area contributed by atoms with E-state index in [1.54, 1.807) is 60.7 Å². The summed E-state index contributed by atoms with van der Waals surface area (Å²) in [4.78, 5) is 28.1. The Morgan fingerprint density at radius 3 is 2.00 bits per heavy atom.